The molecule has 2 aliphatic rings. The van der Waals surface area contributed by atoms with Crippen molar-refractivity contribution in [2.45, 2.75) is 9.79 Å². The smallest absolute Gasteiger partial charge is 0.137 e. The van der Waals surface area contributed by atoms with Crippen LogP contribution in [0, 0.1) is 4.91 Å². The van der Waals surface area contributed by atoms with Gasteiger partial charge in [0.05, 0.1) is 24.1 Å². The molecule has 2 aromatic carbocycles. The summed E-state index contributed by atoms with van der Waals surface area (Å²) in [7, 11) is 0. The van der Waals surface area contributed by atoms with Crippen molar-refractivity contribution in [1.29, 1.82) is 0 Å². The van der Waals surface area contributed by atoms with Crippen LogP contribution in [-0.2, 0) is 0 Å². The summed E-state index contributed by atoms with van der Waals surface area (Å²) in [5.41, 5.74) is 2.15. The number of aliphatic imine (C=N–C) groups is 1. The molecular formula is C17H16N4OS. The van der Waals surface area contributed by atoms with E-state index in [4.69, 9.17) is 4.99 Å². The van der Waals surface area contributed by atoms with Gasteiger partial charge in [-0.3, -0.25) is 5.01 Å². The average molecular weight is 324 g/mol. The van der Waals surface area contributed by atoms with Gasteiger partial charge in [0, 0.05) is 28.4 Å². The molecule has 0 unspecified atom stereocenters. The van der Waals surface area contributed by atoms with E-state index < -0.39 is 0 Å². The van der Waals surface area contributed by atoms with E-state index in [1.807, 2.05) is 18.2 Å². The predicted octanol–water partition coefficient (Wildman–Crippen LogP) is 3.53. The van der Waals surface area contributed by atoms with Crippen LogP contribution in [0.1, 0.15) is 5.56 Å². The predicted molar refractivity (Wildman–Crippen MR) is 92.1 cm³/mol. The molecule has 2 heterocycles. The summed E-state index contributed by atoms with van der Waals surface area (Å²) in [6.07, 6.45) is 0. The van der Waals surface area contributed by atoms with Crippen LogP contribution in [0.5, 0.6) is 0 Å². The van der Waals surface area contributed by atoms with Crippen LogP contribution in [0.4, 0.5) is 5.69 Å². The second-order valence-electron chi connectivity index (χ2n) is 5.52. The largest absolute Gasteiger partial charge is 0.352 e. The number of nitrogens with zero attached hydrogens (tertiary/aromatic N) is 4. The zero-order valence-corrected chi connectivity index (χ0v) is 13.4. The number of nitroso groups, excluding NO2 is 1. The Morgan fingerprint density at radius 2 is 1.61 bits per heavy atom. The lowest BCUT2D eigenvalue weighted by Gasteiger charge is -2.33. The molecule has 1 fully saturated rings. The minimum Gasteiger partial charge on any atom is -0.352 e. The van der Waals surface area contributed by atoms with E-state index >= 15 is 0 Å². The molecule has 5 nitrogen and oxygen atoms in total. The molecule has 1 saturated heterocycles. The maximum Gasteiger partial charge on any atom is 0.137 e. The molecule has 4 rings (SSSR count). The number of amidine groups is 1. The van der Waals surface area contributed by atoms with Crippen LogP contribution >= 0.6 is 11.8 Å². The summed E-state index contributed by atoms with van der Waals surface area (Å²) >= 11 is 1.76. The molecular weight excluding hydrogens is 308 g/mol. The van der Waals surface area contributed by atoms with Crippen LogP contribution in [-0.4, -0.2) is 41.9 Å². The third-order valence-electron chi connectivity index (χ3n) is 4.11. The zero-order chi connectivity index (χ0) is 15.6. The lowest BCUT2D eigenvalue weighted by molar-refractivity contribution is 0.186. The molecule has 23 heavy (non-hydrogen) atoms. The van der Waals surface area contributed by atoms with Crippen molar-refractivity contribution in [3.8, 4) is 0 Å². The van der Waals surface area contributed by atoms with Gasteiger partial charge >= 0.3 is 0 Å². The highest BCUT2D eigenvalue weighted by molar-refractivity contribution is 7.99. The molecule has 0 amide bonds. The minimum atomic E-state index is 0.638. The third-order valence-corrected chi connectivity index (χ3v) is 5.25. The first-order chi connectivity index (χ1) is 11.3. The Balaban J connectivity index is 1.77. The lowest BCUT2D eigenvalue weighted by Crippen LogP contribution is -2.47. The van der Waals surface area contributed by atoms with Crippen LogP contribution in [0.2, 0.25) is 0 Å². The normalized spacial score (nSPS) is 17.0. The molecule has 0 N–H and O–H groups in total. The Kier molecular flexibility index (Phi) is 3.75. The van der Waals surface area contributed by atoms with Crippen molar-refractivity contribution >= 4 is 23.3 Å². The highest BCUT2D eigenvalue weighted by Gasteiger charge is 2.24. The van der Waals surface area contributed by atoms with Crippen molar-refractivity contribution in [1.82, 2.24) is 9.91 Å². The topological polar surface area (TPSA) is 48.3 Å². The van der Waals surface area contributed by atoms with Gasteiger partial charge in [-0.15, -0.1) is 4.91 Å². The highest BCUT2D eigenvalue weighted by Crippen LogP contribution is 2.40. The number of fused-ring (bicyclic) bond motifs is 2. The second-order valence-corrected chi connectivity index (χ2v) is 6.61. The molecule has 0 radical (unpaired) electrons. The maximum absolute atomic E-state index is 10.7. The summed E-state index contributed by atoms with van der Waals surface area (Å²) in [4.78, 5) is 20.3. The first-order valence-electron chi connectivity index (χ1n) is 7.63. The Hall–Kier alpha value is -2.34. The number of hydrogen-bond acceptors (Lipinski definition) is 5. The van der Waals surface area contributed by atoms with E-state index in [9.17, 15) is 4.91 Å². The lowest BCUT2D eigenvalue weighted by atomic mass is 10.1. The molecule has 0 bridgehead atoms. The highest BCUT2D eigenvalue weighted by atomic mass is 32.2. The number of benzene rings is 2. The van der Waals surface area contributed by atoms with Gasteiger partial charge in [-0.1, -0.05) is 42.1 Å². The molecule has 0 aliphatic carbocycles. The van der Waals surface area contributed by atoms with Crippen LogP contribution in [0.3, 0.4) is 0 Å². The van der Waals surface area contributed by atoms with Gasteiger partial charge in [0.1, 0.15) is 5.84 Å². The van der Waals surface area contributed by atoms with Crippen molar-refractivity contribution in [3.05, 3.63) is 59.0 Å². The monoisotopic (exact) mass is 324 g/mol. The van der Waals surface area contributed by atoms with E-state index in [2.05, 4.69) is 40.5 Å². The first-order valence-corrected chi connectivity index (χ1v) is 8.45. The Labute approximate surface area is 139 Å². The van der Waals surface area contributed by atoms with Gasteiger partial charge in [0.2, 0.25) is 0 Å². The Morgan fingerprint density at radius 1 is 0.913 bits per heavy atom. The SMILES string of the molecule is O=NN1CCN(C2=Nc3ccccc3Sc3ccccc32)CC1. The quantitative estimate of drug-likeness (QED) is 0.753. The molecule has 2 aliphatic heterocycles. The van der Waals surface area contributed by atoms with Crippen LogP contribution in [0.25, 0.3) is 0 Å². The molecule has 0 atom stereocenters. The number of para-hydroxylation sites is 1. The fraction of sp³-hybridized carbons (Fsp3) is 0.235. The number of hydrogen-bond donors (Lipinski definition) is 0. The van der Waals surface area contributed by atoms with Gasteiger partial charge in [-0.2, -0.15) is 0 Å². The van der Waals surface area contributed by atoms with Crippen molar-refractivity contribution in [3.63, 3.8) is 0 Å². The fourth-order valence-electron chi connectivity index (χ4n) is 2.90. The summed E-state index contributed by atoms with van der Waals surface area (Å²) in [5, 5.41) is 4.61. The van der Waals surface area contributed by atoms with Crippen LogP contribution < -0.4 is 0 Å². The fourth-order valence-corrected chi connectivity index (χ4v) is 3.92. The Morgan fingerprint density at radius 3 is 2.39 bits per heavy atom. The average Bonchev–Trinajstić information content (AvgIpc) is 2.78. The van der Waals surface area contributed by atoms with Gasteiger partial charge in [-0.05, 0) is 18.2 Å². The van der Waals surface area contributed by atoms with Gasteiger partial charge in [-0.25, -0.2) is 4.99 Å². The van der Waals surface area contributed by atoms with E-state index in [0.29, 0.717) is 13.1 Å². The zero-order valence-electron chi connectivity index (χ0n) is 12.6. The molecule has 0 saturated carbocycles. The second kappa shape index (κ2) is 6.04. The Bertz CT molecular complexity index is 769. The van der Waals surface area contributed by atoms with E-state index in [0.717, 1.165) is 30.2 Å². The van der Waals surface area contributed by atoms with Crippen molar-refractivity contribution in [2.75, 3.05) is 26.2 Å². The molecule has 0 aromatic heterocycles. The molecule has 116 valence electrons. The first kappa shape index (κ1) is 14.3. The number of piperazine rings is 1. The molecule has 6 heteroatoms. The third kappa shape index (κ3) is 2.70. The van der Waals surface area contributed by atoms with E-state index in [1.54, 1.807) is 16.8 Å². The van der Waals surface area contributed by atoms with Gasteiger partial charge in [0.15, 0.2) is 0 Å². The summed E-state index contributed by atoms with van der Waals surface area (Å²) < 4.78 is 0. The molecule has 2 aromatic rings. The maximum atomic E-state index is 10.7. The summed E-state index contributed by atoms with van der Waals surface area (Å²) in [5.74, 6) is 0.989. The number of rotatable bonds is 1. The van der Waals surface area contributed by atoms with Crippen LogP contribution in [0.15, 0.2) is 68.6 Å². The van der Waals surface area contributed by atoms with Crippen molar-refractivity contribution < 1.29 is 0 Å². The van der Waals surface area contributed by atoms with Crippen molar-refractivity contribution in [2.24, 2.45) is 10.3 Å². The summed E-state index contributed by atoms with van der Waals surface area (Å²) in [6, 6.07) is 16.6. The van der Waals surface area contributed by atoms with Gasteiger partial charge in [0.25, 0.3) is 0 Å². The van der Waals surface area contributed by atoms with E-state index in [1.165, 1.54) is 9.79 Å². The molecule has 0 spiro atoms. The standard InChI is InChI=1S/C17H16N4OS/c22-19-21-11-9-20(10-12-21)17-13-5-1-3-7-15(13)23-16-8-4-2-6-14(16)18-17/h1-8H,9-12H2. The van der Waals surface area contributed by atoms with E-state index in [-0.39, 0.29) is 0 Å². The minimum absolute atomic E-state index is 0.638. The van der Waals surface area contributed by atoms with Gasteiger partial charge < -0.3 is 4.90 Å². The summed E-state index contributed by atoms with van der Waals surface area (Å²) in [6.45, 7) is 2.79.